The van der Waals surface area contributed by atoms with E-state index in [1.807, 2.05) is 0 Å². The van der Waals surface area contributed by atoms with Crippen molar-refractivity contribution >= 4 is 5.97 Å². The van der Waals surface area contributed by atoms with Crippen LogP contribution in [0, 0.1) is 17.2 Å². The Morgan fingerprint density at radius 1 is 1.80 bits per heavy atom. The van der Waals surface area contributed by atoms with Gasteiger partial charge in [0.25, 0.3) is 0 Å². The van der Waals surface area contributed by atoms with Gasteiger partial charge in [0.1, 0.15) is 6.07 Å². The molecule has 3 nitrogen and oxygen atoms in total. The molecule has 0 heterocycles. The Balaban J connectivity index is 2.46. The van der Waals surface area contributed by atoms with Crippen molar-refractivity contribution in [1.29, 1.82) is 5.26 Å². The van der Waals surface area contributed by atoms with E-state index in [1.165, 1.54) is 6.07 Å². The van der Waals surface area contributed by atoms with Crippen LogP contribution in [0.4, 0.5) is 4.39 Å². The molecule has 0 aliphatic heterocycles. The maximum Gasteiger partial charge on any atom is 0.306 e. The molecule has 1 fully saturated rings. The van der Waals surface area contributed by atoms with E-state index in [1.54, 1.807) is 0 Å². The van der Waals surface area contributed by atoms with Crippen LogP contribution in [-0.2, 0) is 4.79 Å². The minimum Gasteiger partial charge on any atom is -0.481 e. The first kappa shape index (κ1) is 7.00. The lowest BCUT2D eigenvalue weighted by atomic mass is 9.73. The van der Waals surface area contributed by atoms with Gasteiger partial charge in [0.05, 0.1) is 5.92 Å². The number of carboxylic acid groups (broad SMARTS) is 1. The number of hydrogen-bond donors (Lipinski definition) is 1. The molecule has 0 atom stereocenters. The van der Waals surface area contributed by atoms with E-state index in [0.29, 0.717) is 0 Å². The first-order valence-corrected chi connectivity index (χ1v) is 2.90. The van der Waals surface area contributed by atoms with Gasteiger partial charge in [-0.05, 0) is 0 Å². The summed E-state index contributed by atoms with van der Waals surface area (Å²) in [4.78, 5) is 10.1. The number of nitrogens with zero attached hydrogens (tertiary/aromatic N) is 1. The molecule has 0 aromatic heterocycles. The number of alkyl halides is 1. The molecule has 0 radical (unpaired) electrons. The second-order valence-corrected chi connectivity index (χ2v) is 2.52. The minimum absolute atomic E-state index is 0.154. The standard InChI is InChI=1S/C6H6FNO2/c7-6(3-8)1-4(2-6)5(9)10/h4H,1-2H2,(H,9,10). The Labute approximate surface area is 57.1 Å². The number of rotatable bonds is 1. The smallest absolute Gasteiger partial charge is 0.306 e. The summed E-state index contributed by atoms with van der Waals surface area (Å²) in [5.74, 6) is -1.66. The highest BCUT2D eigenvalue weighted by Crippen LogP contribution is 2.40. The molecule has 1 N–H and O–H groups in total. The molecule has 1 aliphatic rings. The highest BCUT2D eigenvalue weighted by Gasteiger charge is 2.48. The molecule has 1 aliphatic carbocycles. The van der Waals surface area contributed by atoms with E-state index >= 15 is 0 Å². The summed E-state index contributed by atoms with van der Waals surface area (Å²) in [6.07, 6.45) is -0.308. The maximum atomic E-state index is 12.6. The van der Waals surface area contributed by atoms with Crippen molar-refractivity contribution in [2.75, 3.05) is 0 Å². The Morgan fingerprint density at radius 3 is 2.60 bits per heavy atom. The third kappa shape index (κ3) is 0.947. The highest BCUT2D eigenvalue weighted by atomic mass is 19.1. The fourth-order valence-corrected chi connectivity index (χ4v) is 0.987. The molecule has 0 unspecified atom stereocenters. The van der Waals surface area contributed by atoms with Crippen molar-refractivity contribution in [3.63, 3.8) is 0 Å². The Hall–Kier alpha value is -1.11. The van der Waals surface area contributed by atoms with Crippen molar-refractivity contribution < 1.29 is 14.3 Å². The lowest BCUT2D eigenvalue weighted by Crippen LogP contribution is -2.42. The zero-order valence-electron chi connectivity index (χ0n) is 5.17. The Bertz CT molecular complexity index is 202. The first-order chi connectivity index (χ1) is 4.57. The zero-order chi connectivity index (χ0) is 7.78. The summed E-state index contributed by atoms with van der Waals surface area (Å²) in [6.45, 7) is 0. The van der Waals surface area contributed by atoms with Gasteiger partial charge in [0.15, 0.2) is 5.67 Å². The van der Waals surface area contributed by atoms with Gasteiger partial charge in [-0.15, -0.1) is 0 Å². The quantitative estimate of drug-likeness (QED) is 0.588. The van der Waals surface area contributed by atoms with E-state index < -0.39 is 17.6 Å². The number of nitriles is 1. The van der Waals surface area contributed by atoms with Gasteiger partial charge in [-0.1, -0.05) is 0 Å². The second kappa shape index (κ2) is 1.94. The van der Waals surface area contributed by atoms with Gasteiger partial charge in [0, 0.05) is 12.8 Å². The van der Waals surface area contributed by atoms with Crippen molar-refractivity contribution in [2.24, 2.45) is 5.92 Å². The summed E-state index contributed by atoms with van der Waals surface area (Å²) >= 11 is 0. The van der Waals surface area contributed by atoms with Crippen LogP contribution < -0.4 is 0 Å². The fourth-order valence-electron chi connectivity index (χ4n) is 0.987. The van der Waals surface area contributed by atoms with Crippen molar-refractivity contribution in [3.05, 3.63) is 0 Å². The van der Waals surface area contributed by atoms with Gasteiger partial charge in [-0.3, -0.25) is 4.79 Å². The Morgan fingerprint density at radius 2 is 2.30 bits per heavy atom. The Kier molecular flexibility index (Phi) is 1.36. The average molecular weight is 143 g/mol. The van der Waals surface area contributed by atoms with Gasteiger partial charge in [-0.25, -0.2) is 4.39 Å². The van der Waals surface area contributed by atoms with Crippen molar-refractivity contribution in [3.8, 4) is 6.07 Å². The summed E-state index contributed by atoms with van der Waals surface area (Å²) < 4.78 is 12.6. The lowest BCUT2D eigenvalue weighted by molar-refractivity contribution is -0.149. The molecule has 10 heavy (non-hydrogen) atoms. The van der Waals surface area contributed by atoms with E-state index in [0.717, 1.165) is 0 Å². The number of halogens is 1. The molecule has 0 aromatic carbocycles. The third-order valence-corrected chi connectivity index (χ3v) is 1.69. The number of aliphatic carboxylic acids is 1. The highest BCUT2D eigenvalue weighted by molar-refractivity contribution is 5.72. The van der Waals surface area contributed by atoms with E-state index in [9.17, 15) is 9.18 Å². The van der Waals surface area contributed by atoms with Crippen molar-refractivity contribution in [1.82, 2.24) is 0 Å². The number of carboxylic acids is 1. The molecular weight excluding hydrogens is 137 g/mol. The van der Waals surface area contributed by atoms with Crippen LogP contribution in [0.25, 0.3) is 0 Å². The summed E-state index contributed by atoms with van der Waals surface area (Å²) in [5, 5.41) is 16.4. The van der Waals surface area contributed by atoms with Gasteiger partial charge in [-0.2, -0.15) is 5.26 Å². The zero-order valence-corrected chi connectivity index (χ0v) is 5.17. The minimum atomic E-state index is -1.86. The lowest BCUT2D eigenvalue weighted by Gasteiger charge is -2.32. The van der Waals surface area contributed by atoms with Crippen LogP contribution in [0.15, 0.2) is 0 Å². The van der Waals surface area contributed by atoms with Crippen LogP contribution in [-0.4, -0.2) is 16.7 Å². The molecule has 54 valence electrons. The maximum absolute atomic E-state index is 12.6. The fraction of sp³-hybridized carbons (Fsp3) is 0.667. The normalized spacial score (nSPS) is 37.8. The van der Waals surface area contributed by atoms with Crippen LogP contribution in [0.3, 0.4) is 0 Å². The van der Waals surface area contributed by atoms with Crippen molar-refractivity contribution in [2.45, 2.75) is 18.5 Å². The molecule has 4 heteroatoms. The van der Waals surface area contributed by atoms with E-state index in [-0.39, 0.29) is 12.8 Å². The molecule has 0 aromatic rings. The SMILES string of the molecule is N#CC1(F)CC(C(=O)O)C1. The number of hydrogen-bond acceptors (Lipinski definition) is 2. The molecule has 1 saturated carbocycles. The average Bonchev–Trinajstić information content (AvgIpc) is 1.80. The molecule has 0 spiro atoms. The van der Waals surface area contributed by atoms with Gasteiger partial charge >= 0.3 is 5.97 Å². The van der Waals surface area contributed by atoms with Crippen LogP contribution in [0.5, 0.6) is 0 Å². The largest absolute Gasteiger partial charge is 0.481 e. The summed E-state index contributed by atoms with van der Waals surface area (Å²) in [6, 6.07) is 1.43. The van der Waals surface area contributed by atoms with Gasteiger partial charge in [0.2, 0.25) is 0 Å². The second-order valence-electron chi connectivity index (χ2n) is 2.52. The first-order valence-electron chi connectivity index (χ1n) is 2.90. The summed E-state index contributed by atoms with van der Waals surface area (Å²) in [7, 11) is 0. The van der Waals surface area contributed by atoms with Crippen LogP contribution in [0.1, 0.15) is 12.8 Å². The summed E-state index contributed by atoms with van der Waals surface area (Å²) in [5.41, 5.74) is -1.86. The molecule has 0 bridgehead atoms. The van der Waals surface area contributed by atoms with E-state index in [2.05, 4.69) is 0 Å². The predicted molar refractivity (Wildman–Crippen MR) is 29.8 cm³/mol. The predicted octanol–water partition coefficient (Wildman–Crippen LogP) is 0.713. The molecule has 0 saturated heterocycles. The van der Waals surface area contributed by atoms with Crippen LogP contribution in [0.2, 0.25) is 0 Å². The third-order valence-electron chi connectivity index (χ3n) is 1.69. The molecular formula is C6H6FNO2. The van der Waals surface area contributed by atoms with Crippen LogP contribution >= 0.6 is 0 Å². The molecule has 1 rings (SSSR count). The molecule has 0 amide bonds. The number of carbonyl (C=O) groups is 1. The monoisotopic (exact) mass is 143 g/mol. The van der Waals surface area contributed by atoms with Gasteiger partial charge < -0.3 is 5.11 Å². The van der Waals surface area contributed by atoms with E-state index in [4.69, 9.17) is 10.4 Å². The topological polar surface area (TPSA) is 61.1 Å².